The highest BCUT2D eigenvalue weighted by Crippen LogP contribution is 2.23. The highest BCUT2D eigenvalue weighted by molar-refractivity contribution is 9.10. The van der Waals surface area contributed by atoms with Crippen LogP contribution in [-0.4, -0.2) is 39.5 Å². The van der Waals surface area contributed by atoms with Gasteiger partial charge in [-0.15, -0.1) is 0 Å². The Labute approximate surface area is 123 Å². The summed E-state index contributed by atoms with van der Waals surface area (Å²) in [6.07, 6.45) is 0. The number of anilines is 1. The second kappa shape index (κ2) is 5.78. The van der Waals surface area contributed by atoms with E-state index in [1.54, 1.807) is 12.1 Å². The van der Waals surface area contributed by atoms with Crippen molar-refractivity contribution in [3.8, 4) is 0 Å². The van der Waals surface area contributed by atoms with Crippen LogP contribution in [0.3, 0.4) is 0 Å². The molecule has 5 nitrogen and oxygen atoms in total. The largest absolute Gasteiger partial charge is 0.398 e. The predicted molar refractivity (Wildman–Crippen MR) is 81.5 cm³/mol. The van der Waals surface area contributed by atoms with E-state index in [9.17, 15) is 8.42 Å². The highest BCUT2D eigenvalue weighted by atomic mass is 79.9. The van der Waals surface area contributed by atoms with E-state index in [-0.39, 0.29) is 16.1 Å². The Morgan fingerprint density at radius 3 is 2.47 bits per heavy atom. The van der Waals surface area contributed by atoms with Crippen LogP contribution in [0.5, 0.6) is 0 Å². The van der Waals surface area contributed by atoms with Gasteiger partial charge in [0.05, 0.1) is 5.69 Å². The monoisotopic (exact) mass is 349 g/mol. The Kier molecular flexibility index (Phi) is 5.00. The van der Waals surface area contributed by atoms with Gasteiger partial charge in [-0.05, 0) is 46.1 Å². The highest BCUT2D eigenvalue weighted by Gasteiger charge is 2.25. The van der Waals surface area contributed by atoms with Crippen molar-refractivity contribution in [2.45, 2.75) is 24.3 Å². The van der Waals surface area contributed by atoms with Crippen LogP contribution < -0.4 is 10.5 Å². The van der Waals surface area contributed by atoms with Crippen LogP contribution in [0.15, 0.2) is 27.6 Å². The first-order valence-corrected chi connectivity index (χ1v) is 8.06. The van der Waals surface area contributed by atoms with Crippen molar-refractivity contribution in [1.29, 1.82) is 0 Å². The van der Waals surface area contributed by atoms with Crippen molar-refractivity contribution < 1.29 is 8.42 Å². The molecule has 0 saturated heterocycles. The molecule has 1 aromatic carbocycles. The van der Waals surface area contributed by atoms with E-state index in [1.807, 2.05) is 32.8 Å². The minimum absolute atomic E-state index is 0.0939. The van der Waals surface area contributed by atoms with E-state index in [1.165, 1.54) is 6.07 Å². The molecule has 19 heavy (non-hydrogen) atoms. The summed E-state index contributed by atoms with van der Waals surface area (Å²) in [6, 6.07) is 4.77. The molecule has 0 aliphatic heterocycles. The van der Waals surface area contributed by atoms with Gasteiger partial charge in [0.1, 0.15) is 4.90 Å². The summed E-state index contributed by atoms with van der Waals surface area (Å²) in [7, 11) is 0.197. The molecule has 0 atom stereocenters. The lowest BCUT2D eigenvalue weighted by molar-refractivity contribution is 0.199. The summed E-state index contributed by atoms with van der Waals surface area (Å²) < 4.78 is 27.8. The fourth-order valence-electron chi connectivity index (χ4n) is 1.25. The summed E-state index contributed by atoms with van der Waals surface area (Å²) in [4.78, 5) is 2.05. The Morgan fingerprint density at radius 1 is 1.37 bits per heavy atom. The van der Waals surface area contributed by atoms with Gasteiger partial charge in [0.25, 0.3) is 0 Å². The van der Waals surface area contributed by atoms with E-state index in [0.29, 0.717) is 11.0 Å². The maximum absolute atomic E-state index is 12.2. The molecule has 7 heteroatoms. The first kappa shape index (κ1) is 16.4. The van der Waals surface area contributed by atoms with E-state index in [4.69, 9.17) is 5.73 Å². The lowest BCUT2D eigenvalue weighted by Gasteiger charge is -2.32. The number of likely N-dealkylation sites (N-methyl/N-ethyl adjacent to an activating group) is 1. The molecular weight excluding hydrogens is 330 g/mol. The topological polar surface area (TPSA) is 75.4 Å². The van der Waals surface area contributed by atoms with Crippen LogP contribution in [-0.2, 0) is 10.0 Å². The second-order valence-electron chi connectivity index (χ2n) is 5.21. The zero-order chi connectivity index (χ0) is 14.8. The molecule has 0 aromatic heterocycles. The molecule has 0 radical (unpaired) electrons. The average molecular weight is 350 g/mol. The van der Waals surface area contributed by atoms with Crippen molar-refractivity contribution in [2.75, 3.05) is 26.4 Å². The van der Waals surface area contributed by atoms with Gasteiger partial charge in [-0.2, -0.15) is 0 Å². The van der Waals surface area contributed by atoms with Crippen LogP contribution >= 0.6 is 15.9 Å². The Bertz CT molecular complexity index is 556. The van der Waals surface area contributed by atoms with Gasteiger partial charge in [-0.25, -0.2) is 13.1 Å². The number of hydrogen-bond acceptors (Lipinski definition) is 4. The van der Waals surface area contributed by atoms with Gasteiger partial charge in [-0.1, -0.05) is 15.9 Å². The van der Waals surface area contributed by atoms with Crippen molar-refractivity contribution in [2.24, 2.45) is 0 Å². The fourth-order valence-corrected chi connectivity index (χ4v) is 3.12. The summed E-state index contributed by atoms with van der Waals surface area (Å²) in [5.74, 6) is 0. The van der Waals surface area contributed by atoms with Crippen molar-refractivity contribution >= 4 is 31.6 Å². The normalized spacial score (nSPS) is 12.9. The molecule has 0 bridgehead atoms. The second-order valence-corrected chi connectivity index (χ2v) is 7.86. The molecule has 3 N–H and O–H groups in total. The third-order valence-electron chi connectivity index (χ3n) is 3.17. The minimum Gasteiger partial charge on any atom is -0.398 e. The van der Waals surface area contributed by atoms with Crippen LogP contribution in [0.25, 0.3) is 0 Å². The predicted octanol–water partition coefficient (Wildman–Crippen LogP) is 1.65. The quantitative estimate of drug-likeness (QED) is 0.792. The van der Waals surface area contributed by atoms with Gasteiger partial charge < -0.3 is 10.6 Å². The smallest absolute Gasteiger partial charge is 0.242 e. The minimum atomic E-state index is -3.61. The van der Waals surface area contributed by atoms with Crippen LogP contribution in [0.4, 0.5) is 5.69 Å². The molecule has 0 aliphatic rings. The molecule has 0 fully saturated rings. The third kappa shape index (κ3) is 4.17. The number of nitrogens with one attached hydrogen (secondary N) is 1. The molecule has 1 rings (SSSR count). The molecule has 0 unspecified atom stereocenters. The maximum atomic E-state index is 12.2. The van der Waals surface area contributed by atoms with Gasteiger partial charge in [-0.3, -0.25) is 0 Å². The van der Waals surface area contributed by atoms with Crippen molar-refractivity contribution in [3.05, 3.63) is 22.7 Å². The van der Waals surface area contributed by atoms with Gasteiger partial charge in [0, 0.05) is 16.6 Å². The summed E-state index contributed by atoms with van der Waals surface area (Å²) in [5.41, 5.74) is 5.67. The first-order valence-electron chi connectivity index (χ1n) is 5.78. The summed E-state index contributed by atoms with van der Waals surface area (Å²) in [6.45, 7) is 4.22. The van der Waals surface area contributed by atoms with Gasteiger partial charge in [0.2, 0.25) is 10.0 Å². The molecule has 108 valence electrons. The molecular formula is C12H20BrN3O2S. The van der Waals surface area contributed by atoms with E-state index in [0.717, 1.165) is 0 Å². The molecule has 0 amide bonds. The molecule has 0 spiro atoms. The standard InChI is InChI=1S/C12H20BrN3O2S/c1-12(2,16(3)4)8-15-19(17,18)11-7-9(13)5-6-10(11)14/h5-7,15H,8,14H2,1-4H3. The van der Waals surface area contributed by atoms with E-state index in [2.05, 4.69) is 20.7 Å². The summed E-state index contributed by atoms with van der Waals surface area (Å²) in [5, 5.41) is 0. The van der Waals surface area contributed by atoms with Gasteiger partial charge >= 0.3 is 0 Å². The lowest BCUT2D eigenvalue weighted by Crippen LogP contribution is -2.48. The Morgan fingerprint density at radius 2 is 1.95 bits per heavy atom. The zero-order valence-corrected chi connectivity index (χ0v) is 14.0. The first-order chi connectivity index (χ1) is 8.56. The third-order valence-corrected chi connectivity index (χ3v) is 5.12. The number of nitrogen functional groups attached to an aromatic ring is 1. The fraction of sp³-hybridized carbons (Fsp3) is 0.500. The van der Waals surface area contributed by atoms with Crippen molar-refractivity contribution in [3.63, 3.8) is 0 Å². The number of sulfonamides is 1. The molecule has 0 aliphatic carbocycles. The Balaban J connectivity index is 2.97. The molecule has 0 saturated carbocycles. The number of rotatable bonds is 5. The number of hydrogen-bond donors (Lipinski definition) is 2. The SMILES string of the molecule is CN(C)C(C)(C)CNS(=O)(=O)c1cc(Br)ccc1N. The Hall–Kier alpha value is -0.630. The molecule has 1 aromatic rings. The number of benzene rings is 1. The summed E-state index contributed by atoms with van der Waals surface area (Å²) >= 11 is 3.25. The van der Waals surface area contributed by atoms with Crippen LogP contribution in [0.1, 0.15) is 13.8 Å². The van der Waals surface area contributed by atoms with E-state index < -0.39 is 10.0 Å². The number of halogens is 1. The van der Waals surface area contributed by atoms with Crippen molar-refractivity contribution in [1.82, 2.24) is 9.62 Å². The van der Waals surface area contributed by atoms with E-state index >= 15 is 0 Å². The number of nitrogens with zero attached hydrogens (tertiary/aromatic N) is 1. The number of nitrogens with two attached hydrogens (primary N) is 1. The molecule has 0 heterocycles. The average Bonchev–Trinajstić information content (AvgIpc) is 2.30. The lowest BCUT2D eigenvalue weighted by atomic mass is 10.1. The maximum Gasteiger partial charge on any atom is 0.242 e. The van der Waals surface area contributed by atoms with Crippen LogP contribution in [0.2, 0.25) is 0 Å². The van der Waals surface area contributed by atoms with Gasteiger partial charge in [0.15, 0.2) is 0 Å². The zero-order valence-electron chi connectivity index (χ0n) is 11.6. The van der Waals surface area contributed by atoms with Crippen LogP contribution in [0, 0.1) is 0 Å².